The molecule has 0 bridgehead atoms. The van der Waals surface area contributed by atoms with Crippen LogP contribution in [0.5, 0.6) is 0 Å². The van der Waals surface area contributed by atoms with Crippen molar-refractivity contribution in [3.63, 3.8) is 0 Å². The van der Waals surface area contributed by atoms with E-state index in [1.807, 2.05) is 44.2 Å². The lowest BCUT2D eigenvalue weighted by Crippen LogP contribution is -2.57. The summed E-state index contributed by atoms with van der Waals surface area (Å²) in [5.74, 6) is 6.29. The number of aliphatic hydroxyl groups excluding tert-OH is 1. The number of nitrogens with one attached hydrogen (secondary N) is 2. The van der Waals surface area contributed by atoms with Crippen LogP contribution in [0.15, 0.2) is 30.3 Å². The average molecular weight is 449 g/mol. The fourth-order valence-corrected chi connectivity index (χ4v) is 4.29. The molecule has 1 saturated carbocycles. The highest BCUT2D eigenvalue weighted by molar-refractivity contribution is 5.86. The van der Waals surface area contributed by atoms with Crippen LogP contribution in [0.2, 0.25) is 0 Å². The third-order valence-corrected chi connectivity index (χ3v) is 6.14. The molecular weight excluding hydrogens is 408 g/mol. The third-order valence-electron chi connectivity index (χ3n) is 6.14. The molecule has 32 heavy (non-hydrogen) atoms. The van der Waals surface area contributed by atoms with Gasteiger partial charge in [-0.15, -0.1) is 0 Å². The summed E-state index contributed by atoms with van der Waals surface area (Å²) in [5, 5.41) is 18.2. The van der Waals surface area contributed by atoms with E-state index in [-0.39, 0.29) is 18.4 Å². The number of carbonyl (C=O) groups excluding carboxylic acids is 2. The summed E-state index contributed by atoms with van der Waals surface area (Å²) in [7, 11) is 1.26. The van der Waals surface area contributed by atoms with Gasteiger partial charge in [-0.25, -0.2) is 9.80 Å². The van der Waals surface area contributed by atoms with Crippen LogP contribution in [0, 0.1) is 11.8 Å². The molecule has 3 atom stereocenters. The van der Waals surface area contributed by atoms with Gasteiger partial charge in [0.1, 0.15) is 6.04 Å². The van der Waals surface area contributed by atoms with Gasteiger partial charge in [0.25, 0.3) is 0 Å². The maximum atomic E-state index is 13.0. The van der Waals surface area contributed by atoms with Gasteiger partial charge in [-0.1, -0.05) is 63.4 Å². The molecular formula is C24H40N4O4. The summed E-state index contributed by atoms with van der Waals surface area (Å²) < 4.78 is 4.65. The lowest BCUT2D eigenvalue weighted by atomic mass is 9.89. The summed E-state index contributed by atoms with van der Waals surface area (Å²) >= 11 is 0. The van der Waals surface area contributed by atoms with Crippen LogP contribution >= 0.6 is 0 Å². The van der Waals surface area contributed by atoms with Gasteiger partial charge < -0.3 is 20.5 Å². The Hall–Kier alpha value is -2.16. The number of carbonyl (C=O) groups is 2. The van der Waals surface area contributed by atoms with Crippen molar-refractivity contribution in [3.8, 4) is 0 Å². The lowest BCUT2D eigenvalue weighted by Gasteiger charge is -2.32. The minimum absolute atomic E-state index is 0.152. The molecule has 1 aliphatic rings. The first-order valence-corrected chi connectivity index (χ1v) is 11.7. The van der Waals surface area contributed by atoms with Crippen molar-refractivity contribution in [1.29, 1.82) is 0 Å². The molecule has 0 aliphatic heterocycles. The molecule has 1 aliphatic carbocycles. The van der Waals surface area contributed by atoms with E-state index in [4.69, 9.17) is 5.84 Å². The van der Waals surface area contributed by atoms with Crippen LogP contribution in [0.3, 0.4) is 0 Å². The highest BCUT2D eigenvalue weighted by atomic mass is 16.5. The van der Waals surface area contributed by atoms with Gasteiger partial charge in [-0.3, -0.25) is 10.6 Å². The molecule has 1 fully saturated rings. The summed E-state index contributed by atoms with van der Waals surface area (Å²) in [6.07, 6.45) is 5.01. The number of alkyl carbamates (subject to hydrolysis) is 1. The highest BCUT2D eigenvalue weighted by Gasteiger charge is 2.30. The minimum atomic E-state index is -0.862. The van der Waals surface area contributed by atoms with E-state index in [1.165, 1.54) is 39.2 Å². The quantitative estimate of drug-likeness (QED) is 0.305. The average Bonchev–Trinajstić information content (AvgIpc) is 2.77. The molecule has 180 valence electrons. The van der Waals surface area contributed by atoms with E-state index >= 15 is 0 Å². The van der Waals surface area contributed by atoms with Crippen molar-refractivity contribution >= 4 is 12.0 Å². The molecule has 0 saturated heterocycles. The Morgan fingerprint density at radius 1 is 1.16 bits per heavy atom. The predicted molar refractivity (Wildman–Crippen MR) is 125 cm³/mol. The third kappa shape index (κ3) is 8.76. The zero-order chi connectivity index (χ0) is 23.5. The fourth-order valence-electron chi connectivity index (χ4n) is 4.29. The summed E-state index contributed by atoms with van der Waals surface area (Å²) in [5.41, 5.74) is 0.995. The standard InChI is InChI=1S/C24H40N4O4/c1-17(2)22(27-24(31)32-3)23(30)26-20(14-18-10-6-4-7-11-18)21(29)16-28(25)15-19-12-8-5-9-13-19/h4,6-7,10-11,17,19-22,29H,5,8-9,12-16,25H2,1-3H3,(H,26,30)(H,27,31)/t20-,21-,22-/m0/s1. The van der Waals surface area contributed by atoms with Crippen LogP contribution in [0.1, 0.15) is 51.5 Å². The molecule has 8 heteroatoms. The Balaban J connectivity index is 2.06. The van der Waals surface area contributed by atoms with Gasteiger partial charge in [-0.2, -0.15) is 0 Å². The number of nitrogens with zero attached hydrogens (tertiary/aromatic N) is 1. The van der Waals surface area contributed by atoms with E-state index in [0.29, 0.717) is 12.3 Å². The normalized spacial score (nSPS) is 17.6. The largest absolute Gasteiger partial charge is 0.453 e. The Morgan fingerprint density at radius 3 is 2.41 bits per heavy atom. The first-order chi connectivity index (χ1) is 15.3. The van der Waals surface area contributed by atoms with Crippen LogP contribution in [0.4, 0.5) is 4.79 Å². The van der Waals surface area contributed by atoms with Gasteiger partial charge in [0.2, 0.25) is 5.91 Å². The van der Waals surface area contributed by atoms with Crippen LogP contribution < -0.4 is 16.5 Å². The molecule has 0 aromatic heterocycles. The van der Waals surface area contributed by atoms with Gasteiger partial charge in [0.05, 0.1) is 19.3 Å². The topological polar surface area (TPSA) is 117 Å². The van der Waals surface area contributed by atoms with Crippen LogP contribution in [-0.2, 0) is 16.0 Å². The van der Waals surface area contributed by atoms with Gasteiger partial charge in [0.15, 0.2) is 0 Å². The number of nitrogens with two attached hydrogens (primary N) is 1. The number of ether oxygens (including phenoxy) is 1. The van der Waals surface area contributed by atoms with Crippen molar-refractivity contribution in [3.05, 3.63) is 35.9 Å². The highest BCUT2D eigenvalue weighted by Crippen LogP contribution is 2.24. The van der Waals surface area contributed by atoms with Crippen LogP contribution in [-0.4, -0.2) is 60.5 Å². The summed E-state index contributed by atoms with van der Waals surface area (Å²) in [4.78, 5) is 24.7. The lowest BCUT2D eigenvalue weighted by molar-refractivity contribution is -0.125. The van der Waals surface area contributed by atoms with E-state index in [9.17, 15) is 14.7 Å². The Labute approximate surface area is 191 Å². The van der Waals surface area contributed by atoms with Crippen molar-refractivity contribution in [2.75, 3.05) is 20.2 Å². The van der Waals surface area contributed by atoms with Gasteiger partial charge in [0, 0.05) is 13.1 Å². The molecule has 0 radical (unpaired) electrons. The minimum Gasteiger partial charge on any atom is -0.453 e. The first-order valence-electron chi connectivity index (χ1n) is 11.7. The maximum absolute atomic E-state index is 13.0. The van der Waals surface area contributed by atoms with Crippen molar-refractivity contribution in [1.82, 2.24) is 15.6 Å². The zero-order valence-corrected chi connectivity index (χ0v) is 19.6. The maximum Gasteiger partial charge on any atom is 0.407 e. The molecule has 8 nitrogen and oxygen atoms in total. The summed E-state index contributed by atoms with van der Waals surface area (Å²) in [6.45, 7) is 4.68. The number of amides is 2. The molecule has 0 spiro atoms. The molecule has 0 unspecified atom stereocenters. The molecule has 5 N–H and O–H groups in total. The fraction of sp³-hybridized carbons (Fsp3) is 0.667. The van der Waals surface area contributed by atoms with E-state index in [0.717, 1.165) is 12.1 Å². The van der Waals surface area contributed by atoms with E-state index in [1.54, 1.807) is 5.01 Å². The van der Waals surface area contributed by atoms with Gasteiger partial charge >= 0.3 is 6.09 Å². The van der Waals surface area contributed by atoms with E-state index in [2.05, 4.69) is 15.4 Å². The zero-order valence-electron chi connectivity index (χ0n) is 19.6. The van der Waals surface area contributed by atoms with Gasteiger partial charge in [-0.05, 0) is 36.7 Å². The van der Waals surface area contributed by atoms with Crippen molar-refractivity contribution in [2.45, 2.75) is 70.6 Å². The first kappa shape index (κ1) is 26.1. The van der Waals surface area contributed by atoms with Crippen molar-refractivity contribution < 1.29 is 19.4 Å². The SMILES string of the molecule is COC(=O)N[C@H](C(=O)N[C@@H](Cc1ccccc1)[C@@H](O)CN(N)CC1CCCCC1)C(C)C. The summed E-state index contributed by atoms with van der Waals surface area (Å²) in [6, 6.07) is 8.37. The van der Waals surface area contributed by atoms with Crippen LogP contribution in [0.25, 0.3) is 0 Å². The second-order valence-corrected chi connectivity index (χ2v) is 9.19. The van der Waals surface area contributed by atoms with Crippen molar-refractivity contribution in [2.24, 2.45) is 17.7 Å². The smallest absolute Gasteiger partial charge is 0.407 e. The monoisotopic (exact) mass is 448 g/mol. The Bertz CT molecular complexity index is 694. The molecule has 1 aromatic carbocycles. The second-order valence-electron chi connectivity index (χ2n) is 9.19. The Morgan fingerprint density at radius 2 is 1.81 bits per heavy atom. The number of rotatable bonds is 11. The molecule has 1 aromatic rings. The Kier molecular flexibility index (Phi) is 10.9. The number of benzene rings is 1. The predicted octanol–water partition coefficient (Wildman–Crippen LogP) is 2.21. The molecule has 2 amide bonds. The number of hydrogen-bond acceptors (Lipinski definition) is 6. The number of methoxy groups -OCH3 is 1. The molecule has 0 heterocycles. The number of hydrazine groups is 1. The second kappa shape index (κ2) is 13.4. The number of aliphatic hydroxyl groups is 1. The van der Waals surface area contributed by atoms with E-state index < -0.39 is 24.3 Å². The number of hydrogen-bond donors (Lipinski definition) is 4. The molecule has 2 rings (SSSR count).